The Hall–Kier alpha value is -1.89. The van der Waals surface area contributed by atoms with Crippen molar-refractivity contribution >= 4 is 11.9 Å². The SMILES string of the molecule is CCn1nc(C)c(C(=O)NC(CCOC)C(=O)O)c1C. The van der Waals surface area contributed by atoms with Crippen molar-refractivity contribution in [2.75, 3.05) is 13.7 Å². The molecule has 0 aliphatic heterocycles. The summed E-state index contributed by atoms with van der Waals surface area (Å²) in [6.07, 6.45) is 0.220. The number of amides is 1. The average molecular weight is 283 g/mol. The van der Waals surface area contributed by atoms with Gasteiger partial charge in [0.05, 0.1) is 11.3 Å². The van der Waals surface area contributed by atoms with Crippen LogP contribution in [0.2, 0.25) is 0 Å². The predicted octanol–water partition coefficient (Wildman–Crippen LogP) is 0.739. The third-order valence-corrected chi connectivity index (χ3v) is 3.12. The van der Waals surface area contributed by atoms with Crippen LogP contribution in [-0.2, 0) is 16.1 Å². The first-order chi connectivity index (χ1) is 9.42. The van der Waals surface area contributed by atoms with E-state index in [4.69, 9.17) is 9.84 Å². The topological polar surface area (TPSA) is 93.5 Å². The van der Waals surface area contributed by atoms with Gasteiger partial charge in [0, 0.05) is 32.4 Å². The number of carboxylic acid groups (broad SMARTS) is 1. The van der Waals surface area contributed by atoms with E-state index < -0.39 is 17.9 Å². The molecule has 0 radical (unpaired) electrons. The molecule has 20 heavy (non-hydrogen) atoms. The van der Waals surface area contributed by atoms with E-state index in [-0.39, 0.29) is 13.0 Å². The predicted molar refractivity (Wildman–Crippen MR) is 72.8 cm³/mol. The summed E-state index contributed by atoms with van der Waals surface area (Å²) in [5, 5.41) is 15.9. The van der Waals surface area contributed by atoms with Crippen LogP contribution >= 0.6 is 0 Å². The van der Waals surface area contributed by atoms with Gasteiger partial charge in [-0.2, -0.15) is 5.10 Å². The molecule has 0 aliphatic carbocycles. The van der Waals surface area contributed by atoms with E-state index in [1.54, 1.807) is 18.5 Å². The van der Waals surface area contributed by atoms with Crippen molar-refractivity contribution < 1.29 is 19.4 Å². The summed E-state index contributed by atoms with van der Waals surface area (Å²) in [5.74, 6) is -1.49. The molecule has 1 aromatic rings. The second-order valence-electron chi connectivity index (χ2n) is 4.51. The average Bonchev–Trinajstić information content (AvgIpc) is 2.68. The van der Waals surface area contributed by atoms with Gasteiger partial charge in [-0.05, 0) is 20.8 Å². The van der Waals surface area contributed by atoms with Gasteiger partial charge in [0.25, 0.3) is 5.91 Å². The molecule has 7 heteroatoms. The molecule has 1 aromatic heterocycles. The number of carbonyl (C=O) groups is 2. The Labute approximate surface area is 117 Å². The smallest absolute Gasteiger partial charge is 0.326 e. The van der Waals surface area contributed by atoms with Crippen LogP contribution in [-0.4, -0.2) is 46.5 Å². The Balaban J connectivity index is 2.89. The molecule has 112 valence electrons. The Bertz CT molecular complexity index is 496. The molecule has 0 bridgehead atoms. The third kappa shape index (κ3) is 3.57. The first kappa shape index (κ1) is 16.2. The van der Waals surface area contributed by atoms with Crippen molar-refractivity contribution in [2.45, 2.75) is 39.8 Å². The second kappa shape index (κ2) is 7.04. The molecule has 1 unspecified atom stereocenters. The molecule has 7 nitrogen and oxygen atoms in total. The number of hydrogen-bond acceptors (Lipinski definition) is 4. The maximum Gasteiger partial charge on any atom is 0.326 e. The molecule has 1 amide bonds. The highest BCUT2D eigenvalue weighted by Gasteiger charge is 2.24. The first-order valence-electron chi connectivity index (χ1n) is 6.48. The Morgan fingerprint density at radius 1 is 1.45 bits per heavy atom. The lowest BCUT2D eigenvalue weighted by Crippen LogP contribution is -2.41. The summed E-state index contributed by atoms with van der Waals surface area (Å²) in [6.45, 7) is 6.39. The first-order valence-corrected chi connectivity index (χ1v) is 6.48. The van der Waals surface area contributed by atoms with E-state index in [9.17, 15) is 9.59 Å². The van der Waals surface area contributed by atoms with Gasteiger partial charge in [0.1, 0.15) is 6.04 Å². The number of methoxy groups -OCH3 is 1. The van der Waals surface area contributed by atoms with Gasteiger partial charge in [-0.25, -0.2) is 4.79 Å². The van der Waals surface area contributed by atoms with E-state index in [2.05, 4.69) is 10.4 Å². The van der Waals surface area contributed by atoms with Gasteiger partial charge in [-0.3, -0.25) is 9.48 Å². The van der Waals surface area contributed by atoms with Crippen molar-refractivity contribution in [3.63, 3.8) is 0 Å². The van der Waals surface area contributed by atoms with E-state index in [0.717, 1.165) is 5.69 Å². The lowest BCUT2D eigenvalue weighted by molar-refractivity contribution is -0.139. The minimum absolute atomic E-state index is 0.220. The fourth-order valence-corrected chi connectivity index (χ4v) is 2.06. The van der Waals surface area contributed by atoms with Crippen molar-refractivity contribution in [1.29, 1.82) is 0 Å². The van der Waals surface area contributed by atoms with Crippen molar-refractivity contribution in [2.24, 2.45) is 0 Å². The normalized spacial score (nSPS) is 12.2. The lowest BCUT2D eigenvalue weighted by atomic mass is 10.1. The number of aromatic nitrogens is 2. The van der Waals surface area contributed by atoms with Crippen molar-refractivity contribution in [3.05, 3.63) is 17.0 Å². The van der Waals surface area contributed by atoms with Crippen LogP contribution in [0.1, 0.15) is 35.1 Å². The summed E-state index contributed by atoms with van der Waals surface area (Å²) in [4.78, 5) is 23.3. The van der Waals surface area contributed by atoms with Crippen molar-refractivity contribution in [3.8, 4) is 0 Å². The minimum Gasteiger partial charge on any atom is -0.480 e. The number of carboxylic acids is 1. The zero-order valence-electron chi connectivity index (χ0n) is 12.3. The highest BCUT2D eigenvalue weighted by Crippen LogP contribution is 2.13. The Kier molecular flexibility index (Phi) is 5.69. The highest BCUT2D eigenvalue weighted by molar-refractivity contribution is 5.98. The molecular weight excluding hydrogens is 262 g/mol. The van der Waals surface area contributed by atoms with E-state index in [1.807, 2.05) is 6.92 Å². The van der Waals surface area contributed by atoms with Gasteiger partial charge in [-0.15, -0.1) is 0 Å². The van der Waals surface area contributed by atoms with Gasteiger partial charge in [0.2, 0.25) is 0 Å². The number of hydrogen-bond donors (Lipinski definition) is 2. The molecule has 2 N–H and O–H groups in total. The van der Waals surface area contributed by atoms with Crippen LogP contribution in [0.3, 0.4) is 0 Å². The van der Waals surface area contributed by atoms with E-state index >= 15 is 0 Å². The molecule has 1 atom stereocenters. The minimum atomic E-state index is -1.08. The highest BCUT2D eigenvalue weighted by atomic mass is 16.5. The van der Waals surface area contributed by atoms with E-state index in [1.165, 1.54) is 7.11 Å². The van der Waals surface area contributed by atoms with Gasteiger partial charge in [0.15, 0.2) is 0 Å². The zero-order chi connectivity index (χ0) is 15.3. The van der Waals surface area contributed by atoms with Crippen LogP contribution in [0.25, 0.3) is 0 Å². The summed E-state index contributed by atoms with van der Waals surface area (Å²) < 4.78 is 6.57. The molecule has 0 fully saturated rings. The molecule has 0 saturated heterocycles. The maximum absolute atomic E-state index is 12.2. The maximum atomic E-state index is 12.2. The fourth-order valence-electron chi connectivity index (χ4n) is 2.06. The summed E-state index contributed by atoms with van der Waals surface area (Å²) in [7, 11) is 1.49. The molecule has 1 rings (SSSR count). The van der Waals surface area contributed by atoms with Crippen LogP contribution in [0.15, 0.2) is 0 Å². The zero-order valence-corrected chi connectivity index (χ0v) is 12.3. The standard InChI is InChI=1S/C13H21N3O4/c1-5-16-9(3)11(8(2)15-16)12(17)14-10(13(18)19)6-7-20-4/h10H,5-7H2,1-4H3,(H,14,17)(H,18,19). The summed E-state index contributed by atoms with van der Waals surface area (Å²) >= 11 is 0. The molecule has 0 saturated carbocycles. The van der Waals surface area contributed by atoms with Gasteiger partial charge < -0.3 is 15.2 Å². The number of aliphatic carboxylic acids is 1. The van der Waals surface area contributed by atoms with Gasteiger partial charge in [-0.1, -0.05) is 0 Å². The number of aryl methyl sites for hydroxylation is 2. The van der Waals surface area contributed by atoms with Crippen LogP contribution in [0.5, 0.6) is 0 Å². The molecule has 0 aromatic carbocycles. The number of ether oxygens (including phenoxy) is 1. The van der Waals surface area contributed by atoms with Crippen LogP contribution in [0, 0.1) is 13.8 Å². The largest absolute Gasteiger partial charge is 0.480 e. The lowest BCUT2D eigenvalue weighted by Gasteiger charge is -2.14. The second-order valence-corrected chi connectivity index (χ2v) is 4.51. The fraction of sp³-hybridized carbons (Fsp3) is 0.615. The number of nitrogens with zero attached hydrogens (tertiary/aromatic N) is 2. The van der Waals surface area contributed by atoms with Crippen molar-refractivity contribution in [1.82, 2.24) is 15.1 Å². The van der Waals surface area contributed by atoms with E-state index in [0.29, 0.717) is 17.8 Å². The summed E-state index contributed by atoms with van der Waals surface area (Å²) in [6, 6.07) is -0.966. The molecule has 0 spiro atoms. The Morgan fingerprint density at radius 3 is 2.55 bits per heavy atom. The number of carbonyl (C=O) groups excluding carboxylic acids is 1. The third-order valence-electron chi connectivity index (χ3n) is 3.12. The molecular formula is C13H21N3O4. The number of nitrogens with one attached hydrogen (secondary N) is 1. The number of rotatable bonds is 7. The molecule has 0 aliphatic rings. The van der Waals surface area contributed by atoms with Crippen LogP contribution in [0.4, 0.5) is 0 Å². The molecule has 1 heterocycles. The quantitative estimate of drug-likeness (QED) is 0.769. The summed E-state index contributed by atoms with van der Waals surface area (Å²) in [5.41, 5.74) is 1.77. The van der Waals surface area contributed by atoms with Crippen LogP contribution < -0.4 is 5.32 Å². The Morgan fingerprint density at radius 2 is 2.10 bits per heavy atom. The van der Waals surface area contributed by atoms with Gasteiger partial charge >= 0.3 is 5.97 Å². The monoisotopic (exact) mass is 283 g/mol.